The number of hydrogen-bond donors (Lipinski definition) is 0. The number of aromatic nitrogens is 1. The van der Waals surface area contributed by atoms with Gasteiger partial charge in [-0.05, 0) is 29.9 Å². The van der Waals surface area contributed by atoms with E-state index in [1.165, 1.54) is 17.7 Å². The number of nitrogens with zero attached hydrogens (tertiary/aromatic N) is 1. The Labute approximate surface area is 87.6 Å². The van der Waals surface area contributed by atoms with E-state index < -0.39 is 0 Å². The predicted octanol–water partition coefficient (Wildman–Crippen LogP) is 3.62. The molecule has 0 aromatic carbocycles. The maximum atomic E-state index is 4.45. The molecule has 0 spiro atoms. The second kappa shape index (κ2) is 4.59. The molecular weight excluding hydrogens is 170 g/mol. The maximum absolute atomic E-state index is 4.45. The average Bonchev–Trinajstić information content (AvgIpc) is 2.06. The average molecular weight is 191 g/mol. The highest BCUT2D eigenvalue weighted by molar-refractivity contribution is 5.15. The lowest BCUT2D eigenvalue weighted by Gasteiger charge is -2.17. The van der Waals surface area contributed by atoms with Gasteiger partial charge in [-0.25, -0.2) is 0 Å². The maximum Gasteiger partial charge on any atom is 0.0403 e. The molecule has 14 heavy (non-hydrogen) atoms. The first-order chi connectivity index (χ1) is 6.51. The predicted molar refractivity (Wildman–Crippen MR) is 61.4 cm³/mol. The van der Waals surface area contributed by atoms with Gasteiger partial charge < -0.3 is 0 Å². The first kappa shape index (κ1) is 11.2. The lowest BCUT2D eigenvalue weighted by atomic mass is 9.89. The van der Waals surface area contributed by atoms with Gasteiger partial charge in [0.25, 0.3) is 0 Å². The third-order valence-corrected chi connectivity index (χ3v) is 2.13. The molecule has 0 radical (unpaired) electrons. The summed E-state index contributed by atoms with van der Waals surface area (Å²) in [5.41, 5.74) is 2.91. The lowest BCUT2D eigenvalue weighted by molar-refractivity contribution is 0.410. The van der Waals surface area contributed by atoms with E-state index in [0.29, 0.717) is 5.41 Å². The molecule has 0 fully saturated rings. The zero-order valence-corrected chi connectivity index (χ0v) is 9.80. The molecule has 1 aromatic rings. The van der Waals surface area contributed by atoms with Crippen LogP contribution >= 0.6 is 0 Å². The molecular formula is C13H21N. The molecule has 0 atom stereocenters. The standard InChI is InChI=1S/C13H21N/c1-5-6-12-8-7-11(10-14-12)9-13(2,3)4/h7-8,10H,5-6,9H2,1-4H3. The highest BCUT2D eigenvalue weighted by Gasteiger charge is 2.10. The van der Waals surface area contributed by atoms with Crippen molar-refractivity contribution in [3.63, 3.8) is 0 Å². The van der Waals surface area contributed by atoms with Crippen LogP contribution in [-0.2, 0) is 12.8 Å². The Morgan fingerprint density at radius 2 is 1.93 bits per heavy atom. The highest BCUT2D eigenvalue weighted by atomic mass is 14.7. The van der Waals surface area contributed by atoms with E-state index in [2.05, 4.69) is 44.8 Å². The van der Waals surface area contributed by atoms with Crippen LogP contribution in [0.15, 0.2) is 18.3 Å². The highest BCUT2D eigenvalue weighted by Crippen LogP contribution is 2.19. The molecule has 1 nitrogen and oxygen atoms in total. The number of rotatable bonds is 3. The smallest absolute Gasteiger partial charge is 0.0403 e. The molecule has 0 saturated carbocycles. The minimum absolute atomic E-state index is 0.355. The monoisotopic (exact) mass is 191 g/mol. The van der Waals surface area contributed by atoms with Gasteiger partial charge in [0.2, 0.25) is 0 Å². The molecule has 0 saturated heterocycles. The fraction of sp³-hybridized carbons (Fsp3) is 0.615. The van der Waals surface area contributed by atoms with E-state index in [1.54, 1.807) is 0 Å². The Balaban J connectivity index is 2.64. The summed E-state index contributed by atoms with van der Waals surface area (Å²) in [6.45, 7) is 8.96. The molecule has 1 aromatic heterocycles. The molecule has 0 aliphatic rings. The Bertz CT molecular complexity index is 266. The van der Waals surface area contributed by atoms with Crippen molar-refractivity contribution in [2.75, 3.05) is 0 Å². The first-order valence-electron chi connectivity index (χ1n) is 5.45. The zero-order chi connectivity index (χ0) is 10.6. The van der Waals surface area contributed by atoms with Crippen molar-refractivity contribution in [2.45, 2.75) is 47.0 Å². The van der Waals surface area contributed by atoms with Crippen LogP contribution in [0.2, 0.25) is 0 Å². The van der Waals surface area contributed by atoms with Crippen LogP contribution in [0.25, 0.3) is 0 Å². The molecule has 78 valence electrons. The van der Waals surface area contributed by atoms with Crippen LogP contribution in [-0.4, -0.2) is 4.98 Å². The first-order valence-corrected chi connectivity index (χ1v) is 5.45. The van der Waals surface area contributed by atoms with Gasteiger partial charge in [0.1, 0.15) is 0 Å². The van der Waals surface area contributed by atoms with Crippen molar-refractivity contribution < 1.29 is 0 Å². The largest absolute Gasteiger partial charge is 0.261 e. The van der Waals surface area contributed by atoms with E-state index in [9.17, 15) is 0 Å². The number of hydrogen-bond acceptors (Lipinski definition) is 1. The quantitative estimate of drug-likeness (QED) is 0.711. The molecule has 0 bridgehead atoms. The topological polar surface area (TPSA) is 12.9 Å². The van der Waals surface area contributed by atoms with Crippen LogP contribution in [0.3, 0.4) is 0 Å². The van der Waals surface area contributed by atoms with Gasteiger partial charge >= 0.3 is 0 Å². The summed E-state index contributed by atoms with van der Waals surface area (Å²) in [5, 5.41) is 0. The second-order valence-corrected chi connectivity index (χ2v) is 5.15. The van der Waals surface area contributed by atoms with Gasteiger partial charge in [0.05, 0.1) is 0 Å². The van der Waals surface area contributed by atoms with Gasteiger partial charge in [-0.1, -0.05) is 40.2 Å². The molecule has 0 unspecified atom stereocenters. The van der Waals surface area contributed by atoms with Crippen molar-refractivity contribution in [2.24, 2.45) is 5.41 Å². The van der Waals surface area contributed by atoms with Crippen molar-refractivity contribution in [3.8, 4) is 0 Å². The molecule has 0 N–H and O–H groups in total. The van der Waals surface area contributed by atoms with Gasteiger partial charge in [-0.3, -0.25) is 4.98 Å². The summed E-state index contributed by atoms with van der Waals surface area (Å²) in [7, 11) is 0. The van der Waals surface area contributed by atoms with Crippen molar-refractivity contribution in [1.82, 2.24) is 4.98 Å². The fourth-order valence-electron chi connectivity index (χ4n) is 1.58. The van der Waals surface area contributed by atoms with Crippen molar-refractivity contribution in [3.05, 3.63) is 29.6 Å². The van der Waals surface area contributed by atoms with E-state index in [1.807, 2.05) is 6.20 Å². The Hall–Kier alpha value is -0.850. The SMILES string of the molecule is CCCc1ccc(CC(C)(C)C)cn1. The Kier molecular flexibility index (Phi) is 3.68. The van der Waals surface area contributed by atoms with E-state index in [0.717, 1.165) is 12.8 Å². The van der Waals surface area contributed by atoms with Crippen LogP contribution in [0.1, 0.15) is 45.4 Å². The molecule has 0 aliphatic carbocycles. The lowest BCUT2D eigenvalue weighted by Crippen LogP contribution is -2.09. The summed E-state index contributed by atoms with van der Waals surface area (Å²) in [6, 6.07) is 4.37. The molecule has 1 rings (SSSR count). The Morgan fingerprint density at radius 3 is 2.36 bits per heavy atom. The fourth-order valence-corrected chi connectivity index (χ4v) is 1.58. The summed E-state index contributed by atoms with van der Waals surface area (Å²) in [6.07, 6.45) is 5.39. The van der Waals surface area contributed by atoms with Crippen LogP contribution in [0.5, 0.6) is 0 Å². The van der Waals surface area contributed by atoms with Crippen molar-refractivity contribution in [1.29, 1.82) is 0 Å². The van der Waals surface area contributed by atoms with Crippen LogP contribution in [0, 0.1) is 5.41 Å². The normalized spacial score (nSPS) is 11.7. The van der Waals surface area contributed by atoms with E-state index >= 15 is 0 Å². The van der Waals surface area contributed by atoms with E-state index in [4.69, 9.17) is 0 Å². The minimum Gasteiger partial charge on any atom is -0.261 e. The number of pyridine rings is 1. The molecule has 0 amide bonds. The van der Waals surface area contributed by atoms with Gasteiger partial charge in [0, 0.05) is 11.9 Å². The van der Waals surface area contributed by atoms with Gasteiger partial charge in [0.15, 0.2) is 0 Å². The third kappa shape index (κ3) is 3.91. The molecule has 0 aliphatic heterocycles. The summed E-state index contributed by atoms with van der Waals surface area (Å²) in [4.78, 5) is 4.45. The van der Waals surface area contributed by atoms with Crippen LogP contribution < -0.4 is 0 Å². The van der Waals surface area contributed by atoms with Crippen molar-refractivity contribution >= 4 is 0 Å². The van der Waals surface area contributed by atoms with Gasteiger partial charge in [-0.2, -0.15) is 0 Å². The summed E-state index contributed by atoms with van der Waals surface area (Å²) in [5.74, 6) is 0. The van der Waals surface area contributed by atoms with E-state index in [-0.39, 0.29) is 0 Å². The third-order valence-electron chi connectivity index (χ3n) is 2.13. The summed E-state index contributed by atoms with van der Waals surface area (Å²) >= 11 is 0. The Morgan fingerprint density at radius 1 is 1.21 bits per heavy atom. The molecule has 1 heterocycles. The summed E-state index contributed by atoms with van der Waals surface area (Å²) < 4.78 is 0. The minimum atomic E-state index is 0.355. The van der Waals surface area contributed by atoms with Gasteiger partial charge in [-0.15, -0.1) is 0 Å². The van der Waals surface area contributed by atoms with Crippen LogP contribution in [0.4, 0.5) is 0 Å². The zero-order valence-electron chi connectivity index (χ0n) is 9.80. The number of aryl methyl sites for hydroxylation is 1. The second-order valence-electron chi connectivity index (χ2n) is 5.15. The molecule has 1 heteroatoms.